The van der Waals surface area contributed by atoms with Gasteiger partial charge in [-0.25, -0.2) is 9.67 Å². The Kier molecular flexibility index (Phi) is 2.07. The zero-order valence-electron chi connectivity index (χ0n) is 8.06. The number of aryl methyl sites for hydroxylation is 1. The molecule has 1 atom stereocenters. The molecule has 0 radical (unpaired) electrons. The van der Waals surface area contributed by atoms with E-state index in [0.29, 0.717) is 12.3 Å². The summed E-state index contributed by atoms with van der Waals surface area (Å²) in [5, 5.41) is 13.8. The Labute approximate surface area is 77.6 Å². The number of rotatable bonds is 1. The van der Waals surface area contributed by atoms with Crippen LogP contribution in [0.1, 0.15) is 37.8 Å². The van der Waals surface area contributed by atoms with Crippen molar-refractivity contribution < 1.29 is 5.11 Å². The quantitative estimate of drug-likeness (QED) is 0.694. The van der Waals surface area contributed by atoms with E-state index in [0.717, 1.165) is 24.6 Å². The van der Waals surface area contributed by atoms with Gasteiger partial charge < -0.3 is 5.11 Å². The van der Waals surface area contributed by atoms with E-state index >= 15 is 0 Å². The number of hydrogen-bond acceptors (Lipinski definition) is 3. The normalized spacial score (nSPS) is 22.0. The van der Waals surface area contributed by atoms with Crippen molar-refractivity contribution in [2.75, 3.05) is 0 Å². The van der Waals surface area contributed by atoms with Gasteiger partial charge in [-0.2, -0.15) is 5.10 Å². The van der Waals surface area contributed by atoms with Gasteiger partial charge in [0.15, 0.2) is 5.82 Å². The molecule has 0 aromatic carbocycles. The highest BCUT2D eigenvalue weighted by atomic mass is 16.3. The summed E-state index contributed by atoms with van der Waals surface area (Å²) in [5.41, 5.74) is 0. The molecule has 1 N–H and O–H groups in total. The molecule has 4 nitrogen and oxygen atoms in total. The van der Waals surface area contributed by atoms with Crippen LogP contribution < -0.4 is 0 Å². The summed E-state index contributed by atoms with van der Waals surface area (Å²) in [6.07, 6.45) is 1.23. The van der Waals surface area contributed by atoms with Gasteiger partial charge in [0.05, 0.1) is 6.10 Å². The smallest absolute Gasteiger partial charge is 0.153 e. The van der Waals surface area contributed by atoms with Gasteiger partial charge >= 0.3 is 0 Å². The molecule has 1 aliphatic heterocycles. The minimum Gasteiger partial charge on any atom is -0.393 e. The second kappa shape index (κ2) is 3.10. The molecule has 0 aliphatic carbocycles. The molecule has 0 spiro atoms. The van der Waals surface area contributed by atoms with Crippen LogP contribution in [0.15, 0.2) is 0 Å². The van der Waals surface area contributed by atoms with Crippen molar-refractivity contribution in [1.29, 1.82) is 0 Å². The lowest BCUT2D eigenvalue weighted by atomic mass is 10.1. The Bertz CT molecular complexity index is 306. The molecule has 0 saturated carbocycles. The molecule has 1 aliphatic rings. The molecule has 0 amide bonds. The topological polar surface area (TPSA) is 50.9 Å². The highest BCUT2D eigenvalue weighted by Gasteiger charge is 2.20. The summed E-state index contributed by atoms with van der Waals surface area (Å²) in [5.74, 6) is 2.20. The molecule has 0 bridgehead atoms. The van der Waals surface area contributed by atoms with Crippen LogP contribution in [0.25, 0.3) is 0 Å². The molecule has 0 fully saturated rings. The molecular formula is C9H15N3O. The lowest BCUT2D eigenvalue weighted by molar-refractivity contribution is 0.138. The van der Waals surface area contributed by atoms with Gasteiger partial charge in [0.25, 0.3) is 0 Å². The average Bonchev–Trinajstić information content (AvgIpc) is 2.46. The van der Waals surface area contributed by atoms with Crippen molar-refractivity contribution in [3.8, 4) is 0 Å². The van der Waals surface area contributed by atoms with Crippen LogP contribution in [0, 0.1) is 0 Å². The van der Waals surface area contributed by atoms with Crippen LogP contribution in [0.4, 0.5) is 0 Å². The fourth-order valence-electron chi connectivity index (χ4n) is 1.55. The fraction of sp³-hybridized carbons (Fsp3) is 0.778. The van der Waals surface area contributed by atoms with E-state index in [2.05, 4.69) is 23.9 Å². The Morgan fingerprint density at radius 1 is 1.54 bits per heavy atom. The predicted octanol–water partition coefficient (Wildman–Crippen LogP) is 0.709. The minimum absolute atomic E-state index is 0.225. The summed E-state index contributed by atoms with van der Waals surface area (Å²) in [7, 11) is 0. The summed E-state index contributed by atoms with van der Waals surface area (Å²) in [4.78, 5) is 4.39. The number of hydrogen-bond donors (Lipinski definition) is 1. The molecule has 72 valence electrons. The molecule has 1 aromatic heterocycles. The van der Waals surface area contributed by atoms with Crippen molar-refractivity contribution in [3.63, 3.8) is 0 Å². The Morgan fingerprint density at radius 2 is 2.31 bits per heavy atom. The van der Waals surface area contributed by atoms with E-state index in [1.807, 2.05) is 4.68 Å². The summed E-state index contributed by atoms with van der Waals surface area (Å²) >= 11 is 0. The molecule has 0 saturated heterocycles. The Balaban J connectivity index is 2.28. The molecule has 1 unspecified atom stereocenters. The largest absolute Gasteiger partial charge is 0.393 e. The van der Waals surface area contributed by atoms with Crippen LogP contribution in [-0.2, 0) is 13.0 Å². The average molecular weight is 181 g/mol. The first kappa shape index (κ1) is 8.69. The van der Waals surface area contributed by atoms with Crippen molar-refractivity contribution in [2.45, 2.75) is 45.3 Å². The van der Waals surface area contributed by atoms with Crippen molar-refractivity contribution in [1.82, 2.24) is 14.8 Å². The van der Waals surface area contributed by atoms with Crippen LogP contribution in [-0.4, -0.2) is 26.0 Å². The van der Waals surface area contributed by atoms with Gasteiger partial charge in [-0.1, -0.05) is 13.8 Å². The zero-order valence-corrected chi connectivity index (χ0v) is 8.06. The number of aliphatic hydroxyl groups excluding tert-OH is 1. The lowest BCUT2D eigenvalue weighted by Crippen LogP contribution is -2.23. The zero-order chi connectivity index (χ0) is 9.42. The van der Waals surface area contributed by atoms with Gasteiger partial charge in [0.2, 0.25) is 0 Å². The van der Waals surface area contributed by atoms with Gasteiger partial charge in [0.1, 0.15) is 5.82 Å². The second-order valence-electron chi connectivity index (χ2n) is 3.91. The number of nitrogens with zero attached hydrogens (tertiary/aromatic N) is 3. The molecule has 4 heteroatoms. The van der Waals surface area contributed by atoms with Crippen LogP contribution >= 0.6 is 0 Å². The van der Waals surface area contributed by atoms with Crippen molar-refractivity contribution in [2.24, 2.45) is 0 Å². The highest BCUT2D eigenvalue weighted by molar-refractivity contribution is 5.00. The third kappa shape index (κ3) is 1.58. The highest BCUT2D eigenvalue weighted by Crippen LogP contribution is 2.16. The Hall–Kier alpha value is -0.900. The van der Waals surface area contributed by atoms with Crippen LogP contribution in [0.5, 0.6) is 0 Å². The van der Waals surface area contributed by atoms with E-state index in [1.165, 1.54) is 0 Å². The maximum Gasteiger partial charge on any atom is 0.153 e. The standard InChI is InChI=1S/C9H15N3O/c1-6(2)9-10-8-5-7(13)3-4-12(8)11-9/h6-7,13H,3-5H2,1-2H3. The van der Waals surface area contributed by atoms with Crippen molar-refractivity contribution >= 4 is 0 Å². The van der Waals surface area contributed by atoms with Crippen LogP contribution in [0.3, 0.4) is 0 Å². The van der Waals surface area contributed by atoms with Gasteiger partial charge in [-0.3, -0.25) is 0 Å². The van der Waals surface area contributed by atoms with E-state index in [4.69, 9.17) is 0 Å². The van der Waals surface area contributed by atoms with E-state index in [9.17, 15) is 5.11 Å². The second-order valence-corrected chi connectivity index (χ2v) is 3.91. The lowest BCUT2D eigenvalue weighted by Gasteiger charge is -2.16. The maximum absolute atomic E-state index is 9.42. The van der Waals surface area contributed by atoms with Gasteiger partial charge in [-0.15, -0.1) is 0 Å². The first-order chi connectivity index (χ1) is 6.16. The third-order valence-corrected chi connectivity index (χ3v) is 2.37. The van der Waals surface area contributed by atoms with E-state index in [-0.39, 0.29) is 6.10 Å². The molecular weight excluding hydrogens is 166 g/mol. The maximum atomic E-state index is 9.42. The number of aliphatic hydroxyl groups is 1. The SMILES string of the molecule is CC(C)c1nc2n(n1)CCC(O)C2. The fourth-order valence-corrected chi connectivity index (χ4v) is 1.55. The Morgan fingerprint density at radius 3 is 3.00 bits per heavy atom. The van der Waals surface area contributed by atoms with Crippen molar-refractivity contribution in [3.05, 3.63) is 11.6 Å². The third-order valence-electron chi connectivity index (χ3n) is 2.37. The summed E-state index contributed by atoms with van der Waals surface area (Å²) in [6, 6.07) is 0. The molecule has 2 rings (SSSR count). The monoisotopic (exact) mass is 181 g/mol. The van der Waals surface area contributed by atoms with E-state index in [1.54, 1.807) is 0 Å². The van der Waals surface area contributed by atoms with Gasteiger partial charge in [0, 0.05) is 18.9 Å². The predicted molar refractivity (Wildman–Crippen MR) is 48.4 cm³/mol. The molecule has 1 aromatic rings. The minimum atomic E-state index is -0.225. The molecule has 13 heavy (non-hydrogen) atoms. The van der Waals surface area contributed by atoms with E-state index < -0.39 is 0 Å². The molecule has 2 heterocycles. The summed E-state index contributed by atoms with van der Waals surface area (Å²) in [6.45, 7) is 4.96. The number of fused-ring (bicyclic) bond motifs is 1. The number of aromatic nitrogens is 3. The summed E-state index contributed by atoms with van der Waals surface area (Å²) < 4.78 is 1.92. The van der Waals surface area contributed by atoms with Gasteiger partial charge in [-0.05, 0) is 6.42 Å². The van der Waals surface area contributed by atoms with Crippen LogP contribution in [0.2, 0.25) is 0 Å². The first-order valence-corrected chi connectivity index (χ1v) is 4.78. The first-order valence-electron chi connectivity index (χ1n) is 4.78.